The molecule has 3 aromatic rings. The number of nitrogens with one attached hydrogen (secondary N) is 1. The van der Waals surface area contributed by atoms with Crippen molar-refractivity contribution in [1.29, 1.82) is 0 Å². The van der Waals surface area contributed by atoms with Gasteiger partial charge in [-0.1, -0.05) is 11.6 Å². The average molecular weight is 351 g/mol. The molecule has 0 radical (unpaired) electrons. The number of fused-ring (bicyclic) bond motifs is 1. The predicted molar refractivity (Wildman–Crippen MR) is 99.1 cm³/mol. The van der Waals surface area contributed by atoms with E-state index in [0.717, 1.165) is 22.9 Å². The fraction of sp³-hybridized carbons (Fsp3) is 0.300. The van der Waals surface area contributed by atoms with Gasteiger partial charge in [-0.3, -0.25) is 9.59 Å². The van der Waals surface area contributed by atoms with Gasteiger partial charge in [0, 0.05) is 25.4 Å². The molecular weight excluding hydrogens is 330 g/mol. The summed E-state index contributed by atoms with van der Waals surface area (Å²) < 4.78 is 7.15. The molecule has 0 aliphatic carbocycles. The number of furan rings is 1. The van der Waals surface area contributed by atoms with Crippen molar-refractivity contribution in [3.05, 3.63) is 53.6 Å². The van der Waals surface area contributed by atoms with E-state index in [9.17, 15) is 9.59 Å². The summed E-state index contributed by atoms with van der Waals surface area (Å²) in [5.41, 5.74) is 3.25. The first-order valence-electron chi connectivity index (χ1n) is 8.76. The van der Waals surface area contributed by atoms with Crippen LogP contribution in [0.3, 0.4) is 0 Å². The van der Waals surface area contributed by atoms with Crippen molar-refractivity contribution in [3.63, 3.8) is 0 Å². The fourth-order valence-electron chi connectivity index (χ4n) is 3.62. The van der Waals surface area contributed by atoms with Crippen LogP contribution in [-0.4, -0.2) is 22.9 Å². The summed E-state index contributed by atoms with van der Waals surface area (Å²) in [5, 5.41) is 3.84. The number of amides is 2. The van der Waals surface area contributed by atoms with Crippen molar-refractivity contribution in [2.24, 2.45) is 7.05 Å². The van der Waals surface area contributed by atoms with Crippen molar-refractivity contribution >= 4 is 28.4 Å². The number of hydrogen-bond acceptors (Lipinski definition) is 3. The molecule has 26 heavy (non-hydrogen) atoms. The summed E-state index contributed by atoms with van der Waals surface area (Å²) in [4.78, 5) is 27.1. The van der Waals surface area contributed by atoms with E-state index >= 15 is 0 Å². The Morgan fingerprint density at radius 2 is 2.15 bits per heavy atom. The molecule has 0 atom stereocenters. The van der Waals surface area contributed by atoms with Crippen LogP contribution in [0.1, 0.15) is 34.7 Å². The van der Waals surface area contributed by atoms with Gasteiger partial charge in [0.1, 0.15) is 11.5 Å². The number of hydrogen-bond donors (Lipinski definition) is 1. The highest BCUT2D eigenvalue weighted by atomic mass is 16.3. The van der Waals surface area contributed by atoms with Crippen LogP contribution in [0.4, 0.5) is 5.69 Å². The van der Waals surface area contributed by atoms with Crippen LogP contribution in [0, 0.1) is 6.92 Å². The predicted octanol–water partition coefficient (Wildman–Crippen LogP) is 3.14. The summed E-state index contributed by atoms with van der Waals surface area (Å²) in [6, 6.07) is 9.66. The van der Waals surface area contributed by atoms with Crippen LogP contribution in [0.15, 0.2) is 41.0 Å². The minimum Gasteiger partial charge on any atom is -0.467 e. The molecule has 1 N–H and O–H groups in total. The number of carbonyl (C=O) groups excluding carboxylic acids is 2. The van der Waals surface area contributed by atoms with Crippen LogP contribution in [0.25, 0.3) is 10.9 Å². The second-order valence-electron chi connectivity index (χ2n) is 6.69. The van der Waals surface area contributed by atoms with Gasteiger partial charge in [0.15, 0.2) is 0 Å². The van der Waals surface area contributed by atoms with Crippen LogP contribution in [0.2, 0.25) is 0 Å². The third-order valence-electron chi connectivity index (χ3n) is 4.89. The Hall–Kier alpha value is -3.02. The molecule has 0 saturated carbocycles. The van der Waals surface area contributed by atoms with Gasteiger partial charge in [0.2, 0.25) is 5.91 Å². The zero-order valence-electron chi connectivity index (χ0n) is 14.9. The van der Waals surface area contributed by atoms with Gasteiger partial charge in [-0.15, -0.1) is 0 Å². The van der Waals surface area contributed by atoms with Gasteiger partial charge in [-0.2, -0.15) is 0 Å². The van der Waals surface area contributed by atoms with Crippen molar-refractivity contribution in [2.45, 2.75) is 26.3 Å². The first kappa shape index (κ1) is 16.4. The number of carbonyl (C=O) groups is 2. The van der Waals surface area contributed by atoms with Gasteiger partial charge >= 0.3 is 0 Å². The first-order chi connectivity index (χ1) is 12.6. The third-order valence-corrected chi connectivity index (χ3v) is 4.89. The molecule has 0 bridgehead atoms. The van der Waals surface area contributed by atoms with Crippen molar-refractivity contribution in [1.82, 2.24) is 9.88 Å². The minimum absolute atomic E-state index is 0.0686. The van der Waals surface area contributed by atoms with Gasteiger partial charge < -0.3 is 19.2 Å². The highest BCUT2D eigenvalue weighted by molar-refractivity contribution is 6.14. The van der Waals surface area contributed by atoms with Gasteiger partial charge in [0.25, 0.3) is 5.91 Å². The average Bonchev–Trinajstić information content (AvgIpc) is 3.33. The fourth-order valence-corrected chi connectivity index (χ4v) is 3.62. The Kier molecular flexibility index (Phi) is 4.03. The summed E-state index contributed by atoms with van der Waals surface area (Å²) >= 11 is 0. The van der Waals surface area contributed by atoms with Crippen molar-refractivity contribution < 1.29 is 14.0 Å². The normalized spacial score (nSPS) is 14.4. The zero-order valence-corrected chi connectivity index (χ0v) is 14.9. The number of benzene rings is 1. The third kappa shape index (κ3) is 2.67. The molecule has 134 valence electrons. The summed E-state index contributed by atoms with van der Waals surface area (Å²) in [6.45, 7) is 2.96. The Balaban J connectivity index is 1.80. The number of anilines is 1. The summed E-state index contributed by atoms with van der Waals surface area (Å²) in [6.07, 6.45) is 2.92. The smallest absolute Gasteiger partial charge is 0.270 e. The Morgan fingerprint density at radius 3 is 2.85 bits per heavy atom. The molecule has 2 aromatic heterocycles. The highest BCUT2D eigenvalue weighted by Crippen LogP contribution is 2.36. The van der Waals surface area contributed by atoms with E-state index in [1.807, 2.05) is 42.8 Å². The lowest BCUT2D eigenvalue weighted by Crippen LogP contribution is -2.30. The molecule has 1 aliphatic heterocycles. The molecule has 0 spiro atoms. The van der Waals surface area contributed by atoms with Crippen LogP contribution < -0.4 is 10.2 Å². The molecule has 0 unspecified atom stereocenters. The molecule has 2 amide bonds. The second kappa shape index (κ2) is 6.37. The van der Waals surface area contributed by atoms with Crippen LogP contribution >= 0.6 is 0 Å². The standard InChI is InChI=1S/C20H21N3O3/c1-13-7-8-16-15(11-13)18(23-9-3-6-17(23)24)19(22(16)2)20(25)21-12-14-5-4-10-26-14/h4-5,7-8,10-11H,3,6,9,12H2,1-2H3,(H,21,25). The molecule has 1 saturated heterocycles. The van der Waals surface area contributed by atoms with Gasteiger partial charge in [0.05, 0.1) is 24.0 Å². The summed E-state index contributed by atoms with van der Waals surface area (Å²) in [7, 11) is 1.86. The quantitative estimate of drug-likeness (QED) is 0.785. The molecule has 4 rings (SSSR count). The van der Waals surface area contributed by atoms with Gasteiger partial charge in [-0.05, 0) is 37.6 Å². The van der Waals surface area contributed by atoms with E-state index in [4.69, 9.17) is 4.42 Å². The lowest BCUT2D eigenvalue weighted by Gasteiger charge is -2.17. The maximum atomic E-state index is 13.0. The molecule has 6 nitrogen and oxygen atoms in total. The maximum absolute atomic E-state index is 13.0. The number of nitrogens with zero attached hydrogens (tertiary/aromatic N) is 2. The van der Waals surface area contributed by atoms with Crippen molar-refractivity contribution in [2.75, 3.05) is 11.4 Å². The Morgan fingerprint density at radius 1 is 1.31 bits per heavy atom. The number of rotatable bonds is 4. The van der Waals surface area contributed by atoms with E-state index in [2.05, 4.69) is 5.32 Å². The van der Waals surface area contributed by atoms with Crippen LogP contribution in [-0.2, 0) is 18.4 Å². The first-order valence-corrected chi connectivity index (χ1v) is 8.76. The lowest BCUT2D eigenvalue weighted by molar-refractivity contribution is -0.117. The Bertz CT molecular complexity index is 986. The largest absolute Gasteiger partial charge is 0.467 e. The van der Waals surface area contributed by atoms with E-state index in [1.165, 1.54) is 0 Å². The molecule has 6 heteroatoms. The SMILES string of the molecule is Cc1ccc2c(c1)c(N1CCCC1=O)c(C(=O)NCc1ccco1)n2C. The zero-order chi connectivity index (χ0) is 18.3. The molecule has 1 fully saturated rings. The Labute approximate surface area is 151 Å². The maximum Gasteiger partial charge on any atom is 0.270 e. The molecule has 1 aliphatic rings. The van der Waals surface area contributed by atoms with Gasteiger partial charge in [-0.25, -0.2) is 0 Å². The topological polar surface area (TPSA) is 67.5 Å². The van der Waals surface area contributed by atoms with E-state index in [0.29, 0.717) is 36.7 Å². The van der Waals surface area contributed by atoms with Crippen LogP contribution in [0.5, 0.6) is 0 Å². The molecular formula is C20H21N3O3. The number of aryl methyl sites for hydroxylation is 2. The minimum atomic E-state index is -0.215. The molecule has 1 aromatic carbocycles. The second-order valence-corrected chi connectivity index (χ2v) is 6.69. The van der Waals surface area contributed by atoms with Crippen molar-refractivity contribution in [3.8, 4) is 0 Å². The monoisotopic (exact) mass is 351 g/mol. The van der Waals surface area contributed by atoms with E-state index < -0.39 is 0 Å². The lowest BCUT2D eigenvalue weighted by atomic mass is 10.1. The summed E-state index contributed by atoms with van der Waals surface area (Å²) in [5.74, 6) is 0.540. The highest BCUT2D eigenvalue weighted by Gasteiger charge is 2.31. The van der Waals surface area contributed by atoms with E-state index in [1.54, 1.807) is 17.2 Å². The van der Waals surface area contributed by atoms with E-state index in [-0.39, 0.29) is 11.8 Å². The molecule has 3 heterocycles. The number of aromatic nitrogens is 1.